The number of ether oxygens (including phenoxy) is 2. The van der Waals surface area contributed by atoms with Crippen LogP contribution in [0, 0.1) is 23.2 Å². The fraction of sp³-hybridized carbons (Fsp3) is 0.885. The fourth-order valence-electron chi connectivity index (χ4n) is 6.84. The zero-order valence-corrected chi connectivity index (χ0v) is 22.1. The van der Waals surface area contributed by atoms with Crippen LogP contribution in [0.25, 0.3) is 0 Å². The molecule has 3 aliphatic heterocycles. The Kier molecular flexibility index (Phi) is 7.46. The Hall–Kier alpha value is -1.67. The Balaban J connectivity index is 2.04. The molecule has 1 spiro atoms. The van der Waals surface area contributed by atoms with E-state index in [1.807, 2.05) is 27.7 Å². The Labute approximate surface area is 204 Å². The monoisotopic (exact) mass is 480 g/mol. The van der Waals surface area contributed by atoms with Crippen molar-refractivity contribution >= 4 is 17.8 Å². The second kappa shape index (κ2) is 9.41. The number of esters is 1. The number of aliphatic hydroxyl groups excluding tert-OH is 1. The lowest BCUT2D eigenvalue weighted by molar-refractivity contribution is -0.156. The molecule has 3 saturated heterocycles. The maximum atomic E-state index is 14.0. The lowest BCUT2D eigenvalue weighted by Gasteiger charge is -2.41. The van der Waals surface area contributed by atoms with Crippen molar-refractivity contribution in [1.82, 2.24) is 10.2 Å². The first kappa shape index (κ1) is 26.9. The molecule has 3 fully saturated rings. The van der Waals surface area contributed by atoms with Gasteiger partial charge in [0.25, 0.3) is 0 Å². The molecule has 2 amide bonds. The lowest BCUT2D eigenvalue weighted by atomic mass is 9.70. The van der Waals surface area contributed by atoms with Crippen molar-refractivity contribution in [3.05, 3.63) is 0 Å². The number of carbonyl (C=O) groups is 3. The van der Waals surface area contributed by atoms with E-state index in [2.05, 4.69) is 26.1 Å². The molecule has 0 aromatic carbocycles. The van der Waals surface area contributed by atoms with E-state index in [0.717, 1.165) is 12.8 Å². The first-order chi connectivity index (χ1) is 15.7. The van der Waals surface area contributed by atoms with Crippen molar-refractivity contribution in [3.63, 3.8) is 0 Å². The summed E-state index contributed by atoms with van der Waals surface area (Å²) in [5.41, 5.74) is -1.60. The summed E-state index contributed by atoms with van der Waals surface area (Å²) in [4.78, 5) is 42.4. The smallest absolute Gasteiger partial charge is 0.312 e. The molecule has 0 radical (unpaired) electrons. The van der Waals surface area contributed by atoms with Crippen LogP contribution in [0.1, 0.15) is 81.1 Å². The Morgan fingerprint density at radius 3 is 2.44 bits per heavy atom. The van der Waals surface area contributed by atoms with Crippen LogP contribution in [0.3, 0.4) is 0 Å². The van der Waals surface area contributed by atoms with Gasteiger partial charge in [-0.05, 0) is 51.4 Å². The van der Waals surface area contributed by atoms with Gasteiger partial charge in [0.15, 0.2) is 0 Å². The predicted octanol–water partition coefficient (Wildman–Crippen LogP) is 2.66. The van der Waals surface area contributed by atoms with E-state index >= 15 is 0 Å². The third-order valence-electron chi connectivity index (χ3n) is 7.82. The van der Waals surface area contributed by atoms with Crippen molar-refractivity contribution in [2.45, 2.75) is 110 Å². The molecule has 8 nitrogen and oxygen atoms in total. The first-order valence-corrected chi connectivity index (χ1v) is 12.8. The molecule has 0 saturated carbocycles. The summed E-state index contributed by atoms with van der Waals surface area (Å²) in [5, 5.41) is 13.5. The van der Waals surface area contributed by atoms with E-state index in [4.69, 9.17) is 9.47 Å². The van der Waals surface area contributed by atoms with E-state index in [1.165, 1.54) is 0 Å². The van der Waals surface area contributed by atoms with Crippen LogP contribution in [0.5, 0.6) is 0 Å². The second-order valence-corrected chi connectivity index (χ2v) is 12.3. The third kappa shape index (κ3) is 4.60. The minimum Gasteiger partial charge on any atom is -0.466 e. The van der Waals surface area contributed by atoms with E-state index in [0.29, 0.717) is 12.8 Å². The minimum absolute atomic E-state index is 0.00946. The van der Waals surface area contributed by atoms with Crippen LogP contribution < -0.4 is 5.32 Å². The van der Waals surface area contributed by atoms with Gasteiger partial charge in [0, 0.05) is 5.54 Å². The number of hydrogen-bond acceptors (Lipinski definition) is 6. The van der Waals surface area contributed by atoms with Crippen LogP contribution in [0.15, 0.2) is 0 Å². The molecule has 2 N–H and O–H groups in total. The molecule has 2 bridgehead atoms. The summed E-state index contributed by atoms with van der Waals surface area (Å²) in [7, 11) is 0. The van der Waals surface area contributed by atoms with Crippen LogP contribution in [-0.2, 0) is 23.9 Å². The highest BCUT2D eigenvalue weighted by atomic mass is 16.6. The van der Waals surface area contributed by atoms with E-state index in [9.17, 15) is 19.5 Å². The Morgan fingerprint density at radius 2 is 1.91 bits per heavy atom. The molecule has 0 aliphatic carbocycles. The summed E-state index contributed by atoms with van der Waals surface area (Å²) < 4.78 is 11.7. The van der Waals surface area contributed by atoms with Gasteiger partial charge in [-0.25, -0.2) is 0 Å². The highest BCUT2D eigenvalue weighted by molar-refractivity contribution is 5.98. The van der Waals surface area contributed by atoms with Gasteiger partial charge in [-0.1, -0.05) is 41.0 Å². The second-order valence-electron chi connectivity index (χ2n) is 12.3. The van der Waals surface area contributed by atoms with Gasteiger partial charge in [0.2, 0.25) is 11.8 Å². The normalized spacial score (nSPS) is 32.5. The first-order valence-electron chi connectivity index (χ1n) is 12.8. The number of aliphatic hydroxyl groups is 1. The molecule has 2 unspecified atom stereocenters. The highest BCUT2D eigenvalue weighted by Gasteiger charge is 2.75. The van der Waals surface area contributed by atoms with Gasteiger partial charge in [0.05, 0.1) is 37.2 Å². The van der Waals surface area contributed by atoms with Crippen molar-refractivity contribution in [3.8, 4) is 0 Å². The molecule has 3 heterocycles. The van der Waals surface area contributed by atoms with Crippen LogP contribution in [0.4, 0.5) is 0 Å². The number of nitrogens with one attached hydrogen (secondary N) is 1. The number of carbonyl (C=O) groups excluding carboxylic acids is 3. The largest absolute Gasteiger partial charge is 0.466 e. The molecule has 3 rings (SSSR count). The Morgan fingerprint density at radius 1 is 1.26 bits per heavy atom. The van der Waals surface area contributed by atoms with E-state index in [1.54, 1.807) is 11.8 Å². The number of rotatable bonds is 9. The molecule has 7 atom stereocenters. The molecule has 0 aromatic heterocycles. The summed E-state index contributed by atoms with van der Waals surface area (Å²) in [6, 6.07) is -1.44. The van der Waals surface area contributed by atoms with Gasteiger partial charge in [-0.3, -0.25) is 14.4 Å². The van der Waals surface area contributed by atoms with E-state index in [-0.39, 0.29) is 36.4 Å². The quantitative estimate of drug-likeness (QED) is 0.492. The average Bonchev–Trinajstić information content (AvgIpc) is 3.34. The zero-order valence-electron chi connectivity index (χ0n) is 22.1. The number of likely N-dealkylation sites (tertiary alicyclic amines) is 1. The molecule has 8 heteroatoms. The van der Waals surface area contributed by atoms with Crippen LogP contribution >= 0.6 is 0 Å². The predicted molar refractivity (Wildman–Crippen MR) is 128 cm³/mol. The van der Waals surface area contributed by atoms with Crippen molar-refractivity contribution in [1.29, 1.82) is 0 Å². The topological polar surface area (TPSA) is 105 Å². The van der Waals surface area contributed by atoms with Gasteiger partial charge in [-0.15, -0.1) is 0 Å². The van der Waals surface area contributed by atoms with Crippen molar-refractivity contribution < 1.29 is 29.0 Å². The molecular formula is C26H44N2O6. The molecular weight excluding hydrogens is 436 g/mol. The maximum absolute atomic E-state index is 14.0. The summed E-state index contributed by atoms with van der Waals surface area (Å²) in [5.74, 6) is -2.53. The molecule has 194 valence electrons. The van der Waals surface area contributed by atoms with Crippen molar-refractivity contribution in [2.24, 2.45) is 23.2 Å². The third-order valence-corrected chi connectivity index (χ3v) is 7.82. The van der Waals surface area contributed by atoms with Gasteiger partial charge >= 0.3 is 5.97 Å². The average molecular weight is 481 g/mol. The Bertz CT molecular complexity index is 806. The molecule has 3 aliphatic rings. The minimum atomic E-state index is -1.08. The fourth-order valence-corrected chi connectivity index (χ4v) is 6.84. The molecule has 0 aromatic rings. The maximum Gasteiger partial charge on any atom is 0.312 e. The van der Waals surface area contributed by atoms with E-state index < -0.39 is 47.1 Å². The number of amides is 2. The van der Waals surface area contributed by atoms with Gasteiger partial charge < -0.3 is 24.8 Å². The zero-order chi connectivity index (χ0) is 25.6. The SMILES string of the molecule is CCOC(=O)[C@@H]1[C@@H]2CCC3(O2)C(C(=O)NC(C)(C)CC(C)(C)C)N([C@@H](CO)[C@@H](C)CC)C(=O)[C@H]13. The summed E-state index contributed by atoms with van der Waals surface area (Å²) >= 11 is 0. The highest BCUT2D eigenvalue weighted by Crippen LogP contribution is 2.59. The van der Waals surface area contributed by atoms with Crippen LogP contribution in [0.2, 0.25) is 0 Å². The van der Waals surface area contributed by atoms with Gasteiger partial charge in [0.1, 0.15) is 11.6 Å². The standard InChI is InChI=1S/C26H44N2O6/c1-9-15(3)16(13-29)28-20(21(30)27-25(7,8)14-24(4,5)6)26-12-11-17(34-26)18(19(26)22(28)31)23(32)33-10-2/h15-20,29H,9-14H2,1-8H3,(H,27,30)/t15-,16-,17-,18+,19-,20?,26?/m0/s1. The number of fused-ring (bicyclic) bond motifs is 1. The number of hydrogen-bond donors (Lipinski definition) is 2. The van der Waals surface area contributed by atoms with Crippen molar-refractivity contribution in [2.75, 3.05) is 13.2 Å². The van der Waals surface area contributed by atoms with Crippen LogP contribution in [-0.4, -0.2) is 70.3 Å². The molecule has 34 heavy (non-hydrogen) atoms. The summed E-state index contributed by atoms with van der Waals surface area (Å²) in [6.07, 6.45) is 2.18. The lowest BCUT2D eigenvalue weighted by Crippen LogP contribution is -2.62. The van der Waals surface area contributed by atoms with Gasteiger partial charge in [-0.2, -0.15) is 0 Å². The summed E-state index contributed by atoms with van der Waals surface area (Å²) in [6.45, 7) is 16.0. The number of nitrogens with zero attached hydrogens (tertiary/aromatic N) is 1.